The molecular formula is C21H27FN4. The van der Waals surface area contributed by atoms with Crippen molar-refractivity contribution in [2.75, 3.05) is 31.6 Å². The summed E-state index contributed by atoms with van der Waals surface area (Å²) in [7, 11) is 1.80. The molecule has 2 aromatic rings. The second-order valence-electron chi connectivity index (χ2n) is 6.64. The molecule has 0 spiro atoms. The predicted molar refractivity (Wildman–Crippen MR) is 106 cm³/mol. The number of hydrogen-bond donors (Lipinski definition) is 2. The van der Waals surface area contributed by atoms with Crippen molar-refractivity contribution in [3.8, 4) is 0 Å². The monoisotopic (exact) mass is 354 g/mol. The zero-order chi connectivity index (χ0) is 18.2. The summed E-state index contributed by atoms with van der Waals surface area (Å²) < 4.78 is 13.2. The first-order chi connectivity index (χ1) is 12.7. The molecule has 1 saturated heterocycles. The van der Waals surface area contributed by atoms with Crippen LogP contribution >= 0.6 is 0 Å². The van der Waals surface area contributed by atoms with Gasteiger partial charge in [0.15, 0.2) is 5.96 Å². The maximum absolute atomic E-state index is 13.2. The number of nitrogens with one attached hydrogen (secondary N) is 2. The minimum atomic E-state index is -0.169. The van der Waals surface area contributed by atoms with Gasteiger partial charge in [-0.2, -0.15) is 0 Å². The molecule has 1 atom stereocenters. The molecule has 0 aromatic heterocycles. The molecule has 2 aromatic carbocycles. The number of hydrogen-bond acceptors (Lipinski definition) is 2. The Labute approximate surface area is 155 Å². The third-order valence-corrected chi connectivity index (χ3v) is 4.70. The van der Waals surface area contributed by atoms with Gasteiger partial charge in [-0.3, -0.25) is 4.99 Å². The molecule has 2 N–H and O–H groups in total. The summed E-state index contributed by atoms with van der Waals surface area (Å²) in [6.07, 6.45) is 2.89. The first-order valence-corrected chi connectivity index (χ1v) is 9.26. The van der Waals surface area contributed by atoms with Crippen LogP contribution in [0.4, 0.5) is 10.1 Å². The number of para-hydroxylation sites is 1. The minimum absolute atomic E-state index is 0.169. The summed E-state index contributed by atoms with van der Waals surface area (Å²) >= 11 is 0. The van der Waals surface area contributed by atoms with Crippen LogP contribution in [0.3, 0.4) is 0 Å². The van der Waals surface area contributed by atoms with Crippen LogP contribution in [0.1, 0.15) is 18.4 Å². The standard InChI is InChI=1S/C21H27FN4/c1-23-21(24-13-6-8-17-7-5-9-18(22)15-17)25-19-12-14-26(16-19)20-10-3-2-4-11-20/h2-5,7,9-11,15,19H,6,8,12-14,16H2,1H3,(H2,23,24,25). The topological polar surface area (TPSA) is 39.7 Å². The fourth-order valence-electron chi connectivity index (χ4n) is 3.33. The number of aliphatic imine (C=N–C) groups is 1. The highest BCUT2D eigenvalue weighted by Gasteiger charge is 2.23. The smallest absolute Gasteiger partial charge is 0.191 e. The number of rotatable bonds is 6. The summed E-state index contributed by atoms with van der Waals surface area (Å²) in [6, 6.07) is 17.7. The van der Waals surface area contributed by atoms with Gasteiger partial charge in [-0.25, -0.2) is 4.39 Å². The number of halogens is 1. The summed E-state index contributed by atoms with van der Waals surface area (Å²) in [5.41, 5.74) is 2.30. The van der Waals surface area contributed by atoms with Gasteiger partial charge in [0.05, 0.1) is 0 Å². The number of benzene rings is 2. The molecule has 26 heavy (non-hydrogen) atoms. The number of guanidine groups is 1. The first kappa shape index (κ1) is 18.2. The van der Waals surface area contributed by atoms with Gasteiger partial charge < -0.3 is 15.5 Å². The van der Waals surface area contributed by atoms with Crippen LogP contribution in [-0.2, 0) is 6.42 Å². The lowest BCUT2D eigenvalue weighted by atomic mass is 10.1. The van der Waals surface area contributed by atoms with Gasteiger partial charge in [0.25, 0.3) is 0 Å². The van der Waals surface area contributed by atoms with Gasteiger partial charge in [-0.1, -0.05) is 30.3 Å². The van der Waals surface area contributed by atoms with E-state index in [-0.39, 0.29) is 5.82 Å². The molecule has 138 valence electrons. The van der Waals surface area contributed by atoms with Gasteiger partial charge in [0.2, 0.25) is 0 Å². The van der Waals surface area contributed by atoms with Gasteiger partial charge in [0.1, 0.15) is 5.82 Å². The highest BCUT2D eigenvalue weighted by molar-refractivity contribution is 5.80. The average Bonchev–Trinajstić information content (AvgIpc) is 3.13. The lowest BCUT2D eigenvalue weighted by Crippen LogP contribution is -2.44. The molecule has 3 rings (SSSR count). The fourth-order valence-corrected chi connectivity index (χ4v) is 3.33. The molecule has 5 heteroatoms. The summed E-state index contributed by atoms with van der Waals surface area (Å²) in [5.74, 6) is 0.668. The Bertz CT molecular complexity index is 717. The highest BCUT2D eigenvalue weighted by atomic mass is 19.1. The molecule has 0 radical (unpaired) electrons. The zero-order valence-electron chi connectivity index (χ0n) is 15.3. The van der Waals surface area contributed by atoms with Crippen molar-refractivity contribution in [3.63, 3.8) is 0 Å². The minimum Gasteiger partial charge on any atom is -0.369 e. The van der Waals surface area contributed by atoms with E-state index >= 15 is 0 Å². The van der Waals surface area contributed by atoms with Crippen molar-refractivity contribution in [3.05, 3.63) is 66.0 Å². The molecule has 0 saturated carbocycles. The number of anilines is 1. The van der Waals surface area contributed by atoms with Crippen LogP contribution in [0.2, 0.25) is 0 Å². The van der Waals surface area contributed by atoms with E-state index in [1.54, 1.807) is 19.2 Å². The van der Waals surface area contributed by atoms with Gasteiger partial charge in [0, 0.05) is 38.4 Å². The van der Waals surface area contributed by atoms with Crippen molar-refractivity contribution in [2.45, 2.75) is 25.3 Å². The van der Waals surface area contributed by atoms with E-state index in [9.17, 15) is 4.39 Å². The molecule has 1 aliphatic heterocycles. The molecular weight excluding hydrogens is 327 g/mol. The summed E-state index contributed by atoms with van der Waals surface area (Å²) in [4.78, 5) is 6.72. The fraction of sp³-hybridized carbons (Fsp3) is 0.381. The Hall–Kier alpha value is -2.56. The molecule has 0 amide bonds. The molecule has 0 bridgehead atoms. The molecule has 0 aliphatic carbocycles. The first-order valence-electron chi connectivity index (χ1n) is 9.26. The van der Waals surface area contributed by atoms with Crippen molar-refractivity contribution >= 4 is 11.6 Å². The van der Waals surface area contributed by atoms with E-state index in [0.717, 1.165) is 50.4 Å². The summed E-state index contributed by atoms with van der Waals surface area (Å²) in [6.45, 7) is 2.84. The SMILES string of the molecule is CN=C(NCCCc1cccc(F)c1)NC1CCN(c2ccccc2)C1. The quantitative estimate of drug-likeness (QED) is 0.475. The summed E-state index contributed by atoms with van der Waals surface area (Å²) in [5, 5.41) is 6.87. The van der Waals surface area contributed by atoms with Gasteiger partial charge in [-0.15, -0.1) is 0 Å². The van der Waals surface area contributed by atoms with E-state index in [0.29, 0.717) is 6.04 Å². The normalized spacial score (nSPS) is 17.4. The second kappa shape index (κ2) is 9.22. The Kier molecular flexibility index (Phi) is 6.47. The van der Waals surface area contributed by atoms with Crippen LogP contribution in [0.25, 0.3) is 0 Å². The van der Waals surface area contributed by atoms with Gasteiger partial charge >= 0.3 is 0 Å². The van der Waals surface area contributed by atoms with Crippen molar-refractivity contribution in [1.29, 1.82) is 0 Å². The predicted octanol–water partition coefficient (Wildman–Crippen LogP) is 3.20. The Morgan fingerprint density at radius 3 is 2.81 bits per heavy atom. The van der Waals surface area contributed by atoms with E-state index in [1.165, 1.54) is 11.8 Å². The molecule has 1 heterocycles. The Morgan fingerprint density at radius 2 is 2.04 bits per heavy atom. The van der Waals surface area contributed by atoms with E-state index < -0.39 is 0 Å². The largest absolute Gasteiger partial charge is 0.369 e. The molecule has 1 fully saturated rings. The third kappa shape index (κ3) is 5.22. The number of nitrogens with zero attached hydrogens (tertiary/aromatic N) is 2. The van der Waals surface area contributed by atoms with Gasteiger partial charge in [-0.05, 0) is 49.1 Å². The van der Waals surface area contributed by atoms with Crippen LogP contribution in [0.15, 0.2) is 59.6 Å². The van der Waals surface area contributed by atoms with E-state index in [2.05, 4.69) is 44.8 Å². The van der Waals surface area contributed by atoms with Crippen molar-refractivity contribution in [2.24, 2.45) is 4.99 Å². The maximum atomic E-state index is 13.2. The highest BCUT2D eigenvalue weighted by Crippen LogP contribution is 2.19. The van der Waals surface area contributed by atoms with Crippen LogP contribution in [0.5, 0.6) is 0 Å². The Balaban J connectivity index is 1.40. The third-order valence-electron chi connectivity index (χ3n) is 4.70. The number of aryl methyl sites for hydroxylation is 1. The van der Waals surface area contributed by atoms with Crippen LogP contribution in [-0.4, -0.2) is 38.7 Å². The molecule has 4 nitrogen and oxygen atoms in total. The Morgan fingerprint density at radius 1 is 1.19 bits per heavy atom. The maximum Gasteiger partial charge on any atom is 0.191 e. The second-order valence-corrected chi connectivity index (χ2v) is 6.64. The zero-order valence-corrected chi connectivity index (χ0v) is 15.3. The average molecular weight is 354 g/mol. The lowest BCUT2D eigenvalue weighted by Gasteiger charge is -2.20. The van der Waals surface area contributed by atoms with Crippen molar-refractivity contribution in [1.82, 2.24) is 10.6 Å². The van der Waals surface area contributed by atoms with E-state index in [1.807, 2.05) is 12.1 Å². The van der Waals surface area contributed by atoms with Crippen molar-refractivity contribution < 1.29 is 4.39 Å². The van der Waals surface area contributed by atoms with E-state index in [4.69, 9.17) is 0 Å². The molecule has 1 aliphatic rings. The molecule has 1 unspecified atom stereocenters. The van der Waals surface area contributed by atoms with Crippen LogP contribution < -0.4 is 15.5 Å². The van der Waals surface area contributed by atoms with Crippen LogP contribution in [0, 0.1) is 5.82 Å². The lowest BCUT2D eigenvalue weighted by molar-refractivity contribution is 0.623.